The van der Waals surface area contributed by atoms with Gasteiger partial charge in [-0.1, -0.05) is 11.6 Å². The van der Waals surface area contributed by atoms with Gasteiger partial charge in [0.15, 0.2) is 20.8 Å². The van der Waals surface area contributed by atoms with Crippen LogP contribution in [-0.4, -0.2) is 31.7 Å². The predicted octanol–water partition coefficient (Wildman–Crippen LogP) is 6.85. The van der Waals surface area contributed by atoms with Crippen molar-refractivity contribution in [3.05, 3.63) is 61.1 Å². The van der Waals surface area contributed by atoms with Crippen molar-refractivity contribution in [1.29, 1.82) is 0 Å². The number of sulfone groups is 1. The van der Waals surface area contributed by atoms with E-state index < -0.39 is 41.9 Å². The fourth-order valence-electron chi connectivity index (χ4n) is 3.57. The van der Waals surface area contributed by atoms with Crippen LogP contribution in [0.25, 0.3) is 11.3 Å². The lowest BCUT2D eigenvalue weighted by Crippen LogP contribution is -2.39. The fraction of sp³-hybridized carbons (Fsp3) is 0.250. The van der Waals surface area contributed by atoms with Crippen molar-refractivity contribution in [2.45, 2.75) is 23.0 Å². The number of nitrogens with zero attached hydrogens (tertiary/aromatic N) is 2. The van der Waals surface area contributed by atoms with E-state index >= 15 is 0 Å². The second-order valence-electron chi connectivity index (χ2n) is 7.20. The topological polar surface area (TPSA) is 50.3 Å². The molecule has 0 atom stereocenters. The lowest BCUT2D eigenvalue weighted by molar-refractivity contribution is 0.512. The highest BCUT2D eigenvalue weighted by Gasteiger charge is 2.37. The van der Waals surface area contributed by atoms with E-state index in [1.54, 1.807) is 11.4 Å². The summed E-state index contributed by atoms with van der Waals surface area (Å²) in [6.45, 7) is 0.743. The van der Waals surface area contributed by atoms with Gasteiger partial charge in [0, 0.05) is 29.1 Å². The molecule has 1 fully saturated rings. The number of anilines is 1. The number of hydrogen-bond acceptors (Lipinski definition) is 5. The second-order valence-corrected chi connectivity index (χ2v) is 12.3. The molecule has 0 bridgehead atoms. The van der Waals surface area contributed by atoms with Gasteiger partial charge in [-0.25, -0.2) is 26.6 Å². The molecule has 0 aliphatic carbocycles. The minimum absolute atomic E-state index is 0.225. The van der Waals surface area contributed by atoms with Crippen molar-refractivity contribution in [1.82, 2.24) is 4.98 Å². The molecule has 0 radical (unpaired) electrons. The molecular weight excluding hydrogens is 617 g/mol. The van der Waals surface area contributed by atoms with Crippen LogP contribution in [0.1, 0.15) is 12.8 Å². The van der Waals surface area contributed by atoms with Gasteiger partial charge in [-0.15, -0.1) is 11.3 Å². The molecule has 0 saturated carbocycles. The van der Waals surface area contributed by atoms with Crippen LogP contribution in [0.4, 0.5) is 18.3 Å². The summed E-state index contributed by atoms with van der Waals surface area (Å²) in [4.78, 5) is 5.79. The van der Waals surface area contributed by atoms with Crippen LogP contribution in [0, 0.1) is 17.5 Å². The molecule has 3 aromatic rings. The Morgan fingerprint density at radius 3 is 2.44 bits per heavy atom. The quantitative estimate of drug-likeness (QED) is 0.296. The zero-order chi connectivity index (χ0) is 23.2. The van der Waals surface area contributed by atoms with Crippen LogP contribution in [-0.2, 0) is 9.84 Å². The molecule has 1 aliphatic rings. The highest BCUT2D eigenvalue weighted by atomic mass is 79.9. The standard InChI is InChI=1S/C20H14Br2ClF3N2O2S2/c21-14-8-15(25)17(22)19(18(14)26)32(29,30)13-1-3-28(4-2-13)20-27-16(9-31-20)10-5-11(23)7-12(24)6-10/h5-9,13H,1-4H2. The lowest BCUT2D eigenvalue weighted by Gasteiger charge is -2.31. The number of thiazole rings is 1. The molecule has 170 valence electrons. The van der Waals surface area contributed by atoms with Crippen LogP contribution < -0.4 is 4.90 Å². The largest absolute Gasteiger partial charge is 0.348 e. The van der Waals surface area contributed by atoms with Gasteiger partial charge in [0.2, 0.25) is 0 Å². The third kappa shape index (κ3) is 4.59. The Hall–Kier alpha value is -1.14. The third-order valence-electron chi connectivity index (χ3n) is 5.16. The average molecular weight is 631 g/mol. The second kappa shape index (κ2) is 9.25. The summed E-state index contributed by atoms with van der Waals surface area (Å²) >= 11 is 13.0. The van der Waals surface area contributed by atoms with E-state index in [4.69, 9.17) is 11.6 Å². The Morgan fingerprint density at radius 1 is 1.09 bits per heavy atom. The minimum Gasteiger partial charge on any atom is -0.348 e. The molecule has 0 unspecified atom stereocenters. The molecule has 2 heterocycles. The van der Waals surface area contributed by atoms with Crippen molar-refractivity contribution in [3.8, 4) is 11.3 Å². The maximum absolute atomic E-state index is 14.6. The van der Waals surface area contributed by atoms with Gasteiger partial charge < -0.3 is 4.90 Å². The first-order valence-corrected chi connectivity index (χ1v) is 13.7. The summed E-state index contributed by atoms with van der Waals surface area (Å²) in [5.74, 6) is -2.34. The van der Waals surface area contributed by atoms with E-state index in [9.17, 15) is 21.6 Å². The van der Waals surface area contributed by atoms with E-state index in [0.717, 1.165) is 6.07 Å². The molecule has 2 aromatic carbocycles. The van der Waals surface area contributed by atoms with Gasteiger partial charge >= 0.3 is 0 Å². The zero-order valence-corrected chi connectivity index (χ0v) is 21.6. The van der Waals surface area contributed by atoms with Gasteiger partial charge in [-0.05, 0) is 69.0 Å². The first-order valence-electron chi connectivity index (χ1n) is 9.31. The molecule has 0 amide bonds. The van der Waals surface area contributed by atoms with Gasteiger partial charge in [0.05, 0.1) is 19.9 Å². The highest BCUT2D eigenvalue weighted by molar-refractivity contribution is 9.11. The molecule has 0 spiro atoms. The van der Waals surface area contributed by atoms with E-state index in [2.05, 4.69) is 36.8 Å². The smallest absolute Gasteiger partial charge is 0.185 e. The monoisotopic (exact) mass is 628 g/mol. The van der Waals surface area contributed by atoms with Gasteiger partial charge in [-0.3, -0.25) is 0 Å². The highest BCUT2D eigenvalue weighted by Crippen LogP contribution is 2.38. The molecule has 1 aliphatic heterocycles. The maximum atomic E-state index is 14.6. The minimum atomic E-state index is -4.11. The lowest BCUT2D eigenvalue weighted by atomic mass is 10.1. The van der Waals surface area contributed by atoms with E-state index in [1.807, 2.05) is 4.90 Å². The van der Waals surface area contributed by atoms with Gasteiger partial charge in [-0.2, -0.15) is 0 Å². The first-order chi connectivity index (χ1) is 15.1. The van der Waals surface area contributed by atoms with E-state index in [0.29, 0.717) is 29.5 Å². The summed E-state index contributed by atoms with van der Waals surface area (Å²) in [7, 11) is -4.11. The molecule has 12 heteroatoms. The SMILES string of the molecule is O=S(=O)(c1c(F)c(Br)cc(F)c1Br)C1CCN(c2nc(-c3cc(F)cc(Cl)c3)cs2)CC1. The summed E-state index contributed by atoms with van der Waals surface area (Å²) in [5, 5.41) is 1.85. The average Bonchev–Trinajstić information content (AvgIpc) is 3.22. The Kier molecular flexibility index (Phi) is 6.94. The molecule has 1 saturated heterocycles. The number of halogens is 6. The Morgan fingerprint density at radius 2 is 1.78 bits per heavy atom. The molecule has 1 aromatic heterocycles. The summed E-state index contributed by atoms with van der Waals surface area (Å²) in [6, 6.07) is 5.05. The first kappa shape index (κ1) is 24.0. The number of benzene rings is 2. The molecule has 32 heavy (non-hydrogen) atoms. The number of hydrogen-bond donors (Lipinski definition) is 0. The number of rotatable bonds is 4. The van der Waals surface area contributed by atoms with Crippen LogP contribution in [0.15, 0.2) is 43.5 Å². The maximum Gasteiger partial charge on any atom is 0.185 e. The van der Waals surface area contributed by atoms with Crippen LogP contribution in [0.5, 0.6) is 0 Å². The fourth-order valence-corrected chi connectivity index (χ4v) is 8.05. The van der Waals surface area contributed by atoms with Crippen molar-refractivity contribution in [2.24, 2.45) is 0 Å². The van der Waals surface area contributed by atoms with Crippen LogP contribution >= 0.6 is 54.8 Å². The molecular formula is C20H14Br2ClF3N2O2S2. The Balaban J connectivity index is 1.52. The summed E-state index contributed by atoms with van der Waals surface area (Å²) in [6.07, 6.45) is 0.451. The van der Waals surface area contributed by atoms with Crippen molar-refractivity contribution < 1.29 is 21.6 Å². The molecule has 4 nitrogen and oxygen atoms in total. The zero-order valence-electron chi connectivity index (χ0n) is 16.1. The number of aromatic nitrogens is 1. The van der Waals surface area contributed by atoms with E-state index in [-0.39, 0.29) is 22.3 Å². The predicted molar refractivity (Wildman–Crippen MR) is 127 cm³/mol. The van der Waals surface area contributed by atoms with Crippen LogP contribution in [0.3, 0.4) is 0 Å². The van der Waals surface area contributed by atoms with Crippen molar-refractivity contribution >= 4 is 69.8 Å². The summed E-state index contributed by atoms with van der Waals surface area (Å²) in [5.41, 5.74) is 1.11. The van der Waals surface area contributed by atoms with Gasteiger partial charge in [0.1, 0.15) is 16.5 Å². The van der Waals surface area contributed by atoms with Crippen LogP contribution in [0.2, 0.25) is 5.02 Å². The van der Waals surface area contributed by atoms with Crippen molar-refractivity contribution in [2.75, 3.05) is 18.0 Å². The normalized spacial score (nSPS) is 15.4. The van der Waals surface area contributed by atoms with E-state index in [1.165, 1.54) is 23.5 Å². The van der Waals surface area contributed by atoms with Gasteiger partial charge in [0.25, 0.3) is 0 Å². The Labute approximate surface area is 208 Å². The number of piperidine rings is 1. The summed E-state index contributed by atoms with van der Waals surface area (Å²) < 4.78 is 67.8. The Bertz CT molecular complexity index is 1250. The van der Waals surface area contributed by atoms with Crippen molar-refractivity contribution in [3.63, 3.8) is 0 Å². The molecule has 0 N–H and O–H groups in total. The third-order valence-corrected chi connectivity index (χ3v) is 10.2. The molecule has 4 rings (SSSR count).